The van der Waals surface area contributed by atoms with E-state index in [1.165, 1.54) is 22.8 Å². The molecule has 40 heavy (non-hydrogen) atoms. The van der Waals surface area contributed by atoms with Crippen LogP contribution in [0.15, 0.2) is 36.8 Å². The molecule has 11 N–H and O–H groups in total. The van der Waals surface area contributed by atoms with E-state index in [1.807, 2.05) is 0 Å². The molecule has 0 aliphatic heterocycles. The number of carbonyl (C=O) groups is 4. The number of guanidine groups is 1. The molecule has 0 aromatic carbocycles. The first-order chi connectivity index (χ1) is 18.8. The Morgan fingerprint density at radius 1 is 0.700 bits per heavy atom. The van der Waals surface area contributed by atoms with Gasteiger partial charge in [-0.15, -0.1) is 0 Å². The zero-order chi connectivity index (χ0) is 29.6. The summed E-state index contributed by atoms with van der Waals surface area (Å²) < 4.78 is 4.64. The van der Waals surface area contributed by atoms with Crippen LogP contribution in [0, 0.1) is 10.8 Å². The molecule has 16 heteroatoms. The second-order valence-electron chi connectivity index (χ2n) is 8.93. The highest BCUT2D eigenvalue weighted by molar-refractivity contribution is 6.07. The molecular formula is C24H32N12O4. The quantitative estimate of drug-likeness (QED) is 0.113. The molecule has 0 atom stereocenters. The normalized spacial score (nSPS) is 10.5. The lowest BCUT2D eigenvalue weighted by Gasteiger charge is -2.04. The van der Waals surface area contributed by atoms with Gasteiger partial charge in [0.1, 0.15) is 17.1 Å². The lowest BCUT2D eigenvalue weighted by atomic mass is 10.3. The Balaban J connectivity index is 1.63. The summed E-state index contributed by atoms with van der Waals surface area (Å²) in [5.74, 6) is -2.10. The molecule has 3 aromatic rings. The van der Waals surface area contributed by atoms with Crippen LogP contribution in [-0.2, 0) is 25.9 Å². The maximum absolute atomic E-state index is 12.9. The average Bonchev–Trinajstić information content (AvgIpc) is 3.53. The average molecular weight is 553 g/mol. The molecule has 3 aromatic heterocycles. The highest BCUT2D eigenvalue weighted by Crippen LogP contribution is 2.19. The molecule has 0 unspecified atom stereocenters. The molecule has 0 radical (unpaired) electrons. The number of nitrogens with one attached hydrogen (secondary N) is 7. The minimum Gasteiger partial charge on any atom is -0.388 e. The Hall–Kier alpha value is -5.54. The van der Waals surface area contributed by atoms with Crippen molar-refractivity contribution in [3.8, 4) is 0 Å². The van der Waals surface area contributed by atoms with Crippen LogP contribution in [0.25, 0.3) is 0 Å². The minimum absolute atomic E-state index is 0.0320. The Kier molecular flexibility index (Phi) is 8.95. The van der Waals surface area contributed by atoms with Crippen molar-refractivity contribution in [3.63, 3.8) is 0 Å². The zero-order valence-corrected chi connectivity index (χ0v) is 22.2. The Bertz CT molecular complexity index is 1480. The number of amidine groups is 1. The summed E-state index contributed by atoms with van der Waals surface area (Å²) in [7, 11) is 4.95. The number of aryl methyl sites for hydroxylation is 3. The van der Waals surface area contributed by atoms with Crippen LogP contribution in [0.2, 0.25) is 0 Å². The van der Waals surface area contributed by atoms with E-state index in [2.05, 4.69) is 26.6 Å². The highest BCUT2D eigenvalue weighted by Gasteiger charge is 2.19. The van der Waals surface area contributed by atoms with Gasteiger partial charge in [0.2, 0.25) is 5.91 Å². The zero-order valence-electron chi connectivity index (χ0n) is 22.2. The number of rotatable bonds is 11. The van der Waals surface area contributed by atoms with Gasteiger partial charge in [-0.2, -0.15) is 0 Å². The fraction of sp³-hybridized carbons (Fsp3) is 0.250. The third kappa shape index (κ3) is 7.50. The van der Waals surface area contributed by atoms with Gasteiger partial charge in [-0.05, 0) is 18.2 Å². The smallest absolute Gasteiger partial charge is 0.272 e. The van der Waals surface area contributed by atoms with Gasteiger partial charge in [-0.1, -0.05) is 0 Å². The number of nitrogens with two attached hydrogens (primary N) is 2. The summed E-state index contributed by atoms with van der Waals surface area (Å²) in [6.07, 6.45) is 4.95. The van der Waals surface area contributed by atoms with Crippen LogP contribution < -0.4 is 38.1 Å². The number of hydrogen-bond acceptors (Lipinski definition) is 6. The van der Waals surface area contributed by atoms with Crippen LogP contribution in [-0.4, -0.2) is 62.2 Å². The molecule has 0 aliphatic carbocycles. The predicted molar refractivity (Wildman–Crippen MR) is 150 cm³/mol. The van der Waals surface area contributed by atoms with Gasteiger partial charge in [0.25, 0.3) is 17.7 Å². The SMILES string of the molecule is Cn1cc(NC(=O)c2cc(NC(=O)c3cc(NC(=O)CNC(=N)N)cn3C)cn2C)cc1C(=O)NCCC(=N)N. The van der Waals surface area contributed by atoms with Crippen molar-refractivity contribution in [2.75, 3.05) is 29.0 Å². The predicted octanol–water partition coefficient (Wildman–Crippen LogP) is -0.316. The van der Waals surface area contributed by atoms with E-state index in [9.17, 15) is 19.2 Å². The van der Waals surface area contributed by atoms with E-state index in [-0.39, 0.29) is 48.6 Å². The van der Waals surface area contributed by atoms with E-state index in [1.54, 1.807) is 48.9 Å². The molecule has 4 amide bonds. The molecule has 16 nitrogen and oxygen atoms in total. The van der Waals surface area contributed by atoms with Gasteiger partial charge in [0, 0.05) is 52.7 Å². The van der Waals surface area contributed by atoms with Gasteiger partial charge < -0.3 is 51.8 Å². The molecule has 0 aliphatic rings. The van der Waals surface area contributed by atoms with Crippen molar-refractivity contribution in [1.82, 2.24) is 24.3 Å². The molecule has 3 heterocycles. The topological polar surface area (TPSA) is 243 Å². The number of nitrogens with zero attached hydrogens (tertiary/aromatic N) is 3. The monoisotopic (exact) mass is 552 g/mol. The number of anilines is 3. The van der Waals surface area contributed by atoms with E-state index in [0.717, 1.165) is 0 Å². The number of amides is 4. The first-order valence-electron chi connectivity index (χ1n) is 11.9. The third-order valence-electron chi connectivity index (χ3n) is 5.63. The lowest BCUT2D eigenvalue weighted by Crippen LogP contribution is -2.36. The van der Waals surface area contributed by atoms with Gasteiger partial charge in [-0.25, -0.2) is 0 Å². The maximum Gasteiger partial charge on any atom is 0.272 e. The van der Waals surface area contributed by atoms with Gasteiger partial charge in [-0.3, -0.25) is 30.0 Å². The van der Waals surface area contributed by atoms with Crippen LogP contribution >= 0.6 is 0 Å². The largest absolute Gasteiger partial charge is 0.388 e. The number of hydrogen-bond donors (Lipinski definition) is 9. The van der Waals surface area contributed by atoms with Crippen molar-refractivity contribution in [2.45, 2.75) is 6.42 Å². The summed E-state index contributed by atoms with van der Waals surface area (Å²) in [6, 6.07) is 4.51. The van der Waals surface area contributed by atoms with E-state index in [0.29, 0.717) is 22.8 Å². The summed E-state index contributed by atoms with van der Waals surface area (Å²) in [6.45, 7) is 0.0232. The summed E-state index contributed by atoms with van der Waals surface area (Å²) in [4.78, 5) is 50.1. The van der Waals surface area contributed by atoms with Crippen molar-refractivity contribution < 1.29 is 19.2 Å². The molecule has 0 fully saturated rings. The molecule has 3 rings (SSSR count). The summed E-state index contributed by atoms with van der Waals surface area (Å²) in [5, 5.41) is 27.5. The van der Waals surface area contributed by atoms with Crippen molar-refractivity contribution in [3.05, 3.63) is 53.9 Å². The Labute approximate surface area is 229 Å². The first kappa shape index (κ1) is 29.0. The minimum atomic E-state index is -0.467. The summed E-state index contributed by atoms with van der Waals surface area (Å²) in [5.41, 5.74) is 12.4. The highest BCUT2D eigenvalue weighted by atomic mass is 16.2. The Morgan fingerprint density at radius 2 is 1.12 bits per heavy atom. The number of carbonyl (C=O) groups excluding carboxylic acids is 4. The van der Waals surface area contributed by atoms with Crippen molar-refractivity contribution >= 4 is 52.5 Å². The van der Waals surface area contributed by atoms with Crippen LogP contribution in [0.5, 0.6) is 0 Å². The molecule has 0 saturated carbocycles. The molecule has 0 saturated heterocycles. The van der Waals surface area contributed by atoms with E-state index in [4.69, 9.17) is 22.3 Å². The van der Waals surface area contributed by atoms with Crippen LogP contribution in [0.3, 0.4) is 0 Å². The molecular weight excluding hydrogens is 520 g/mol. The van der Waals surface area contributed by atoms with Crippen molar-refractivity contribution in [2.24, 2.45) is 32.6 Å². The van der Waals surface area contributed by atoms with Crippen molar-refractivity contribution in [1.29, 1.82) is 10.8 Å². The number of aromatic nitrogens is 3. The third-order valence-corrected chi connectivity index (χ3v) is 5.63. The second-order valence-corrected chi connectivity index (χ2v) is 8.93. The Morgan fingerprint density at radius 3 is 1.55 bits per heavy atom. The van der Waals surface area contributed by atoms with Crippen LogP contribution in [0.4, 0.5) is 17.1 Å². The molecule has 212 valence electrons. The lowest BCUT2D eigenvalue weighted by molar-refractivity contribution is -0.115. The second kappa shape index (κ2) is 12.3. The molecule has 0 spiro atoms. The van der Waals surface area contributed by atoms with Gasteiger partial charge >= 0.3 is 0 Å². The molecule has 0 bridgehead atoms. The summed E-state index contributed by atoms with van der Waals surface area (Å²) >= 11 is 0. The van der Waals surface area contributed by atoms with E-state index < -0.39 is 17.7 Å². The van der Waals surface area contributed by atoms with E-state index >= 15 is 0 Å². The van der Waals surface area contributed by atoms with Gasteiger partial charge in [0.05, 0.1) is 29.4 Å². The standard InChI is InChI=1S/C24H32N12O4/c1-34-11-14(7-16(34)21(38)29-5-4-19(25)26)32-23(40)18-8-15(12-36(18)3)33-22(39)17-6-13(10-35(17)2)31-20(37)9-30-24(27)28/h6-8,10-12H,4-5,9H2,1-3H3,(H3,25,26)(H,29,38)(H,31,37)(H,32,40)(H,33,39)(H4,27,28,30). The first-order valence-corrected chi connectivity index (χ1v) is 11.9. The van der Waals surface area contributed by atoms with Crippen LogP contribution in [0.1, 0.15) is 37.9 Å². The van der Waals surface area contributed by atoms with Gasteiger partial charge in [0.15, 0.2) is 5.96 Å². The fourth-order valence-electron chi connectivity index (χ4n) is 3.75. The fourth-order valence-corrected chi connectivity index (χ4v) is 3.75. The maximum atomic E-state index is 12.9.